The Bertz CT molecular complexity index is 1210. The van der Waals surface area contributed by atoms with Gasteiger partial charge in [-0.15, -0.1) is 0 Å². The Kier molecular flexibility index (Phi) is 5.91. The third-order valence-corrected chi connectivity index (χ3v) is 5.51. The number of anilines is 1. The fourth-order valence-electron chi connectivity index (χ4n) is 4.10. The van der Waals surface area contributed by atoms with E-state index in [1.54, 1.807) is 4.57 Å². The van der Waals surface area contributed by atoms with Gasteiger partial charge in [-0.3, -0.25) is 20.1 Å². The van der Waals surface area contributed by atoms with Crippen LogP contribution in [0.4, 0.5) is 10.1 Å². The topological polar surface area (TPSA) is 135 Å². The molecule has 4 rings (SSSR count). The van der Waals surface area contributed by atoms with Gasteiger partial charge in [-0.2, -0.15) is 0 Å². The van der Waals surface area contributed by atoms with Crippen molar-refractivity contribution in [1.82, 2.24) is 9.88 Å². The van der Waals surface area contributed by atoms with Gasteiger partial charge in [-0.1, -0.05) is 0 Å². The van der Waals surface area contributed by atoms with Gasteiger partial charge in [-0.05, 0) is 19.2 Å². The number of aliphatic imine (C=N–C) groups is 2. The zero-order chi connectivity index (χ0) is 22.8. The number of aromatic carboxylic acids is 1. The van der Waals surface area contributed by atoms with Gasteiger partial charge in [0.2, 0.25) is 5.43 Å². The molecule has 11 heteroatoms. The maximum absolute atomic E-state index is 15.2. The van der Waals surface area contributed by atoms with Crippen LogP contribution in [-0.2, 0) is 6.54 Å². The Hall–Kier alpha value is -3.73. The zero-order valence-electron chi connectivity index (χ0n) is 17.3. The summed E-state index contributed by atoms with van der Waals surface area (Å²) >= 11 is 0. The largest absolute Gasteiger partial charge is 0.487 e. The first-order chi connectivity index (χ1) is 15.4. The predicted molar refractivity (Wildman–Crippen MR) is 120 cm³/mol. The van der Waals surface area contributed by atoms with E-state index in [0.29, 0.717) is 37.5 Å². The standard InChI is InChI=1S/C21H23FN6O4/c1-24-7-12(23)8-25-11-26-13-2-3-27(9-13)18-16(22)6-14-17-20(18)32-5-4-28(17)10-15(19(14)29)21(30)31/h6-8,10,13,26H,1-5,9,11,23H2,(H,30,31)/b12-7+,25-8-. The van der Waals surface area contributed by atoms with Gasteiger partial charge < -0.3 is 25.0 Å². The molecule has 0 radical (unpaired) electrons. The van der Waals surface area contributed by atoms with Gasteiger partial charge >= 0.3 is 5.97 Å². The second-order valence-corrected chi connectivity index (χ2v) is 7.57. The highest BCUT2D eigenvalue weighted by Crippen LogP contribution is 2.41. The molecular weight excluding hydrogens is 419 g/mol. The van der Waals surface area contributed by atoms with Crippen molar-refractivity contribution < 1.29 is 19.0 Å². The monoisotopic (exact) mass is 442 g/mol. The molecule has 1 aromatic carbocycles. The molecule has 1 saturated heterocycles. The van der Waals surface area contributed by atoms with E-state index < -0.39 is 17.2 Å². The van der Waals surface area contributed by atoms with E-state index in [1.165, 1.54) is 18.6 Å². The van der Waals surface area contributed by atoms with E-state index in [2.05, 4.69) is 22.0 Å². The van der Waals surface area contributed by atoms with Crippen LogP contribution in [-0.4, -0.2) is 61.0 Å². The van der Waals surface area contributed by atoms with Crippen LogP contribution in [0, 0.1) is 5.82 Å². The summed E-state index contributed by atoms with van der Waals surface area (Å²) in [5.41, 5.74) is 5.64. The maximum atomic E-state index is 15.2. The van der Waals surface area contributed by atoms with Crippen molar-refractivity contribution in [2.45, 2.75) is 19.0 Å². The Balaban J connectivity index is 1.60. The minimum absolute atomic E-state index is 0.00344. The van der Waals surface area contributed by atoms with E-state index >= 15 is 4.39 Å². The molecule has 1 atom stereocenters. The highest BCUT2D eigenvalue weighted by Gasteiger charge is 2.31. The lowest BCUT2D eigenvalue weighted by Crippen LogP contribution is -2.33. The summed E-state index contributed by atoms with van der Waals surface area (Å²) in [4.78, 5) is 33.6. The first-order valence-electron chi connectivity index (χ1n) is 10.1. The van der Waals surface area contributed by atoms with Crippen molar-refractivity contribution >= 4 is 35.5 Å². The number of carboxylic acids is 1. The average molecular weight is 442 g/mol. The summed E-state index contributed by atoms with van der Waals surface area (Å²) in [5.74, 6) is -1.69. The highest BCUT2D eigenvalue weighted by molar-refractivity contribution is 5.97. The Morgan fingerprint density at radius 2 is 2.28 bits per heavy atom. The lowest BCUT2D eigenvalue weighted by atomic mass is 10.1. The lowest BCUT2D eigenvalue weighted by Gasteiger charge is -2.28. The number of hydrogen-bond donors (Lipinski definition) is 3. The molecule has 2 aromatic rings. The van der Waals surface area contributed by atoms with Gasteiger partial charge in [0, 0.05) is 31.5 Å². The number of nitrogens with one attached hydrogen (secondary N) is 1. The smallest absolute Gasteiger partial charge is 0.341 e. The van der Waals surface area contributed by atoms with E-state index in [0.717, 1.165) is 12.5 Å². The van der Waals surface area contributed by atoms with E-state index in [-0.39, 0.29) is 35.0 Å². The normalized spacial score (nSPS) is 18.3. The van der Waals surface area contributed by atoms with Crippen LogP contribution >= 0.6 is 0 Å². The van der Waals surface area contributed by atoms with Crippen LogP contribution in [0.2, 0.25) is 0 Å². The first-order valence-corrected chi connectivity index (χ1v) is 10.1. The highest BCUT2D eigenvalue weighted by atomic mass is 19.1. The van der Waals surface area contributed by atoms with E-state index in [4.69, 9.17) is 10.5 Å². The summed E-state index contributed by atoms with van der Waals surface area (Å²) in [6.07, 6.45) is 4.94. The number of carbonyl (C=O) groups is 1. The van der Waals surface area contributed by atoms with Crippen LogP contribution in [0.3, 0.4) is 0 Å². The molecule has 1 unspecified atom stereocenters. The summed E-state index contributed by atoms with van der Waals surface area (Å²) in [5, 5.41) is 12.6. The lowest BCUT2D eigenvalue weighted by molar-refractivity contribution is 0.0694. The quantitative estimate of drug-likeness (QED) is 0.543. The minimum Gasteiger partial charge on any atom is -0.487 e. The van der Waals surface area contributed by atoms with Crippen LogP contribution in [0.1, 0.15) is 16.8 Å². The molecule has 0 saturated carbocycles. The molecule has 0 amide bonds. The fourth-order valence-corrected chi connectivity index (χ4v) is 4.10. The molecule has 168 valence electrons. The number of carboxylic acid groups (broad SMARTS) is 1. The number of nitrogens with two attached hydrogens (primary N) is 1. The molecule has 4 N–H and O–H groups in total. The number of hydrogen-bond acceptors (Lipinski definition) is 8. The molecule has 10 nitrogen and oxygen atoms in total. The SMILES string of the molecule is C=N/C=C(N)\C=N/CNC1CCN(c2c(F)cc3c(=O)c(C(=O)O)cn4c3c2OCC4)C1. The number of rotatable bonds is 7. The number of nitrogens with zero attached hydrogens (tertiary/aromatic N) is 4. The molecular formula is C21H23FN6O4. The average Bonchev–Trinajstić information content (AvgIpc) is 3.21. The van der Waals surface area contributed by atoms with E-state index in [1.807, 2.05) is 4.90 Å². The van der Waals surface area contributed by atoms with Crippen LogP contribution < -0.4 is 26.1 Å². The van der Waals surface area contributed by atoms with E-state index in [9.17, 15) is 14.7 Å². The molecule has 1 aromatic heterocycles. The Labute approximate surface area is 182 Å². The Morgan fingerprint density at radius 3 is 3.03 bits per heavy atom. The third kappa shape index (κ3) is 3.94. The Morgan fingerprint density at radius 1 is 1.47 bits per heavy atom. The van der Waals surface area contributed by atoms with Crippen molar-refractivity contribution in [1.29, 1.82) is 0 Å². The van der Waals surface area contributed by atoms with Crippen molar-refractivity contribution in [2.75, 3.05) is 31.3 Å². The summed E-state index contributed by atoms with van der Waals surface area (Å²) in [7, 11) is 0. The number of ether oxygens (including phenoxy) is 1. The summed E-state index contributed by atoms with van der Waals surface area (Å²) in [6.45, 7) is 5.38. The van der Waals surface area contributed by atoms with Crippen LogP contribution in [0.25, 0.3) is 10.9 Å². The molecule has 2 aliphatic heterocycles. The van der Waals surface area contributed by atoms with Crippen molar-refractivity contribution in [3.05, 3.63) is 45.8 Å². The summed E-state index contributed by atoms with van der Waals surface area (Å²) < 4.78 is 22.6. The molecule has 3 heterocycles. The molecule has 32 heavy (non-hydrogen) atoms. The summed E-state index contributed by atoms with van der Waals surface area (Å²) in [6, 6.07) is 1.18. The van der Waals surface area contributed by atoms with Gasteiger partial charge in [-0.25, -0.2) is 9.18 Å². The second kappa shape index (κ2) is 8.79. The molecule has 0 spiro atoms. The van der Waals surface area contributed by atoms with Gasteiger partial charge in [0.05, 0.1) is 36.0 Å². The van der Waals surface area contributed by atoms with Crippen molar-refractivity contribution in [2.24, 2.45) is 15.7 Å². The van der Waals surface area contributed by atoms with Crippen LogP contribution in [0.5, 0.6) is 5.75 Å². The number of allylic oxidation sites excluding steroid dienone is 1. The third-order valence-electron chi connectivity index (χ3n) is 5.51. The van der Waals surface area contributed by atoms with Gasteiger partial charge in [0.15, 0.2) is 11.6 Å². The number of pyridine rings is 1. The first kappa shape index (κ1) is 21.5. The zero-order valence-corrected chi connectivity index (χ0v) is 17.3. The number of halogens is 1. The van der Waals surface area contributed by atoms with Crippen molar-refractivity contribution in [3.8, 4) is 5.75 Å². The minimum atomic E-state index is -1.34. The molecule has 1 fully saturated rings. The van der Waals surface area contributed by atoms with Gasteiger partial charge in [0.25, 0.3) is 0 Å². The molecule has 0 aliphatic carbocycles. The number of aromatic nitrogens is 1. The second-order valence-electron chi connectivity index (χ2n) is 7.57. The van der Waals surface area contributed by atoms with Crippen LogP contribution in [0.15, 0.2) is 38.9 Å². The number of benzene rings is 1. The van der Waals surface area contributed by atoms with Gasteiger partial charge in [0.1, 0.15) is 17.9 Å². The molecule has 0 bridgehead atoms. The predicted octanol–water partition coefficient (Wildman–Crippen LogP) is 0.928. The fraction of sp³-hybridized carbons (Fsp3) is 0.333. The molecule has 2 aliphatic rings. The van der Waals surface area contributed by atoms with Crippen molar-refractivity contribution in [3.63, 3.8) is 0 Å². The maximum Gasteiger partial charge on any atom is 0.341 e.